The van der Waals surface area contributed by atoms with Crippen molar-refractivity contribution in [2.75, 3.05) is 39.6 Å². The summed E-state index contributed by atoms with van der Waals surface area (Å²) in [6.45, 7) is 11.9. The molecule has 0 radical (unpaired) electrons. The molecule has 0 aromatic rings. The molecule has 3 N–H and O–H groups in total. The van der Waals surface area contributed by atoms with Gasteiger partial charge in [0.1, 0.15) is 19.3 Å². The Kier molecular flexibility index (Phi) is 65.2. The molecule has 0 aliphatic heterocycles. The molecule has 19 heteroatoms. The highest BCUT2D eigenvalue weighted by atomic mass is 31.2. The molecule has 0 spiro atoms. The standard InChI is InChI=1S/C76H148O17P2/c1-8-11-12-13-14-15-16-17-18-19-20-30-38-45-52-59-75(80)92-71(63-86-73(78)57-50-43-36-29-23-21-27-34-41-48-55-68(6)9-2)65-90-94(82,83)88-61-70(77)62-89-95(84,85)91-66-72(64-87-74(79)58-51-44-37-32-25-26-33-40-47-54-67(4)5)93-76(81)60-53-46-39-31-24-22-28-35-42-49-56-69(7)10-3/h67-72,77H,8-66H2,1-7H3,(H,82,83)(H,84,85)/t68?,69?,70-,71-,72-/m1/s1. The number of carbonyl (C=O) groups is 4. The van der Waals surface area contributed by atoms with Crippen LogP contribution in [0, 0.1) is 17.8 Å². The summed E-state index contributed by atoms with van der Waals surface area (Å²) in [5.74, 6) is 0.240. The molecule has 0 aliphatic rings. The van der Waals surface area contributed by atoms with Crippen LogP contribution >= 0.6 is 15.6 Å². The molecular weight excluding hydrogens is 1250 g/mol. The fourth-order valence-electron chi connectivity index (χ4n) is 11.5. The number of phosphoric ester groups is 2. The van der Waals surface area contributed by atoms with Crippen LogP contribution in [0.25, 0.3) is 0 Å². The Bertz CT molecular complexity index is 1860. The first-order chi connectivity index (χ1) is 45.8. The molecule has 17 nitrogen and oxygen atoms in total. The van der Waals surface area contributed by atoms with E-state index >= 15 is 0 Å². The first-order valence-corrected chi connectivity index (χ1v) is 42.4. The summed E-state index contributed by atoms with van der Waals surface area (Å²) >= 11 is 0. The van der Waals surface area contributed by atoms with E-state index in [9.17, 15) is 43.2 Å². The zero-order chi connectivity index (χ0) is 70.1. The number of unbranched alkanes of at least 4 members (excludes halogenated alkanes) is 40. The van der Waals surface area contributed by atoms with Crippen LogP contribution in [0.15, 0.2) is 0 Å². The Morgan fingerprint density at radius 3 is 0.800 bits per heavy atom. The maximum absolute atomic E-state index is 13.1. The van der Waals surface area contributed by atoms with Gasteiger partial charge >= 0.3 is 39.5 Å². The smallest absolute Gasteiger partial charge is 0.462 e. The molecule has 7 atom stereocenters. The van der Waals surface area contributed by atoms with Crippen molar-refractivity contribution in [3.63, 3.8) is 0 Å². The van der Waals surface area contributed by atoms with Gasteiger partial charge in [0.05, 0.1) is 26.4 Å². The van der Waals surface area contributed by atoms with Crippen molar-refractivity contribution in [3.05, 3.63) is 0 Å². The SMILES string of the molecule is CCCCCCCCCCCCCCCCCC(=O)O[C@H](COC(=O)CCCCCCCCCCCCC(C)CC)COP(=O)(O)OC[C@@H](O)COP(=O)(O)OC[C@@H](COC(=O)CCCCCCCCCCCC(C)C)OC(=O)CCCCCCCCCCCCC(C)CC. The lowest BCUT2D eigenvalue weighted by molar-refractivity contribution is -0.161. The molecular formula is C76H148O17P2. The van der Waals surface area contributed by atoms with Crippen molar-refractivity contribution < 1.29 is 80.2 Å². The lowest BCUT2D eigenvalue weighted by Gasteiger charge is -2.21. The van der Waals surface area contributed by atoms with Gasteiger partial charge in [-0.25, -0.2) is 9.13 Å². The van der Waals surface area contributed by atoms with Crippen LogP contribution in [0.2, 0.25) is 0 Å². The predicted molar refractivity (Wildman–Crippen MR) is 386 cm³/mol. The fourth-order valence-corrected chi connectivity index (χ4v) is 13.1. The average molecular weight is 1400 g/mol. The van der Waals surface area contributed by atoms with Gasteiger partial charge in [0.2, 0.25) is 0 Å². The fraction of sp³-hybridized carbons (Fsp3) is 0.947. The monoisotopic (exact) mass is 1400 g/mol. The lowest BCUT2D eigenvalue weighted by atomic mass is 9.99. The molecule has 0 saturated heterocycles. The quantitative estimate of drug-likeness (QED) is 0.0222. The molecule has 95 heavy (non-hydrogen) atoms. The van der Waals surface area contributed by atoms with Crippen molar-refractivity contribution in [1.29, 1.82) is 0 Å². The molecule has 0 aliphatic carbocycles. The highest BCUT2D eigenvalue weighted by Crippen LogP contribution is 2.45. The predicted octanol–water partition coefficient (Wildman–Crippen LogP) is 22.2. The van der Waals surface area contributed by atoms with Crippen molar-refractivity contribution in [1.82, 2.24) is 0 Å². The molecule has 0 fully saturated rings. The molecule has 0 bridgehead atoms. The molecule has 564 valence electrons. The number of phosphoric acid groups is 2. The summed E-state index contributed by atoms with van der Waals surface area (Å²) in [6, 6.07) is 0. The van der Waals surface area contributed by atoms with Crippen LogP contribution < -0.4 is 0 Å². The number of aliphatic hydroxyl groups is 1. The number of rotatable bonds is 74. The lowest BCUT2D eigenvalue weighted by Crippen LogP contribution is -2.30. The maximum Gasteiger partial charge on any atom is 0.472 e. The molecule has 0 saturated carbocycles. The van der Waals surface area contributed by atoms with Crippen molar-refractivity contribution in [2.45, 2.75) is 407 Å². The van der Waals surface area contributed by atoms with Crippen LogP contribution in [0.1, 0.15) is 389 Å². The van der Waals surface area contributed by atoms with Gasteiger partial charge in [-0.3, -0.25) is 37.3 Å². The van der Waals surface area contributed by atoms with E-state index in [1.807, 2.05) is 0 Å². The summed E-state index contributed by atoms with van der Waals surface area (Å²) in [6.07, 6.45) is 52.4. The zero-order valence-corrected chi connectivity index (χ0v) is 63.9. The van der Waals surface area contributed by atoms with Gasteiger partial charge in [-0.05, 0) is 43.4 Å². The van der Waals surface area contributed by atoms with Crippen LogP contribution in [0.4, 0.5) is 0 Å². The summed E-state index contributed by atoms with van der Waals surface area (Å²) in [5, 5.41) is 10.6. The van der Waals surface area contributed by atoms with Crippen molar-refractivity contribution >= 4 is 39.5 Å². The molecule has 0 amide bonds. The van der Waals surface area contributed by atoms with E-state index in [1.165, 1.54) is 199 Å². The minimum atomic E-state index is -4.96. The maximum atomic E-state index is 13.1. The molecule has 0 aromatic carbocycles. The Hall–Kier alpha value is -1.94. The number of ether oxygens (including phenoxy) is 4. The first kappa shape index (κ1) is 93.1. The van der Waals surface area contributed by atoms with Gasteiger partial charge < -0.3 is 33.8 Å². The van der Waals surface area contributed by atoms with Gasteiger partial charge in [-0.15, -0.1) is 0 Å². The third-order valence-corrected chi connectivity index (χ3v) is 20.3. The Balaban J connectivity index is 5.28. The highest BCUT2D eigenvalue weighted by molar-refractivity contribution is 7.47. The molecule has 0 aromatic heterocycles. The van der Waals surface area contributed by atoms with E-state index in [1.54, 1.807) is 0 Å². The largest absolute Gasteiger partial charge is 0.472 e. The van der Waals surface area contributed by atoms with Gasteiger partial charge in [-0.1, -0.05) is 337 Å². The average Bonchev–Trinajstić information content (AvgIpc) is 1.47. The van der Waals surface area contributed by atoms with E-state index in [4.69, 9.17) is 37.0 Å². The number of esters is 4. The molecule has 0 heterocycles. The second-order valence-electron chi connectivity index (χ2n) is 28.4. The van der Waals surface area contributed by atoms with Gasteiger partial charge in [-0.2, -0.15) is 0 Å². The molecule has 0 rings (SSSR count). The van der Waals surface area contributed by atoms with Crippen LogP contribution in [-0.4, -0.2) is 96.7 Å². The number of hydrogen-bond donors (Lipinski definition) is 3. The topological polar surface area (TPSA) is 237 Å². The third kappa shape index (κ3) is 67.6. The minimum absolute atomic E-state index is 0.106. The van der Waals surface area contributed by atoms with E-state index in [0.717, 1.165) is 108 Å². The van der Waals surface area contributed by atoms with E-state index < -0.39 is 97.5 Å². The normalized spacial score (nSPS) is 14.6. The van der Waals surface area contributed by atoms with Crippen LogP contribution in [0.3, 0.4) is 0 Å². The summed E-state index contributed by atoms with van der Waals surface area (Å²) < 4.78 is 68.6. The molecule has 4 unspecified atom stereocenters. The highest BCUT2D eigenvalue weighted by Gasteiger charge is 2.30. The third-order valence-electron chi connectivity index (χ3n) is 18.4. The minimum Gasteiger partial charge on any atom is -0.462 e. The Morgan fingerprint density at radius 1 is 0.305 bits per heavy atom. The van der Waals surface area contributed by atoms with Crippen molar-refractivity contribution in [3.8, 4) is 0 Å². The second kappa shape index (κ2) is 66.6. The van der Waals surface area contributed by atoms with Crippen molar-refractivity contribution in [2.24, 2.45) is 17.8 Å². The van der Waals surface area contributed by atoms with Gasteiger partial charge in [0.15, 0.2) is 12.2 Å². The van der Waals surface area contributed by atoms with Gasteiger partial charge in [0.25, 0.3) is 0 Å². The first-order valence-electron chi connectivity index (χ1n) is 39.4. The van der Waals surface area contributed by atoms with Gasteiger partial charge in [0, 0.05) is 25.7 Å². The number of hydrogen-bond acceptors (Lipinski definition) is 15. The Morgan fingerprint density at radius 2 is 0.537 bits per heavy atom. The summed E-state index contributed by atoms with van der Waals surface area (Å²) in [5.41, 5.74) is 0. The van der Waals surface area contributed by atoms with E-state index in [2.05, 4.69) is 48.5 Å². The van der Waals surface area contributed by atoms with E-state index in [-0.39, 0.29) is 25.7 Å². The number of carbonyl (C=O) groups excluding carboxylic acids is 4. The Labute approximate surface area is 581 Å². The number of aliphatic hydroxyl groups excluding tert-OH is 1. The second-order valence-corrected chi connectivity index (χ2v) is 31.3. The zero-order valence-electron chi connectivity index (χ0n) is 62.1. The van der Waals surface area contributed by atoms with E-state index in [0.29, 0.717) is 25.7 Å². The van der Waals surface area contributed by atoms with Crippen LogP contribution in [-0.2, 0) is 65.4 Å². The van der Waals surface area contributed by atoms with Crippen LogP contribution in [0.5, 0.6) is 0 Å². The summed E-state index contributed by atoms with van der Waals surface area (Å²) in [4.78, 5) is 72.9. The summed E-state index contributed by atoms with van der Waals surface area (Å²) in [7, 11) is -9.91.